The average molecular weight is 460 g/mol. The molecule has 4 aromatic rings. The van der Waals surface area contributed by atoms with Gasteiger partial charge in [-0.1, -0.05) is 12.1 Å². The molecule has 0 aliphatic heterocycles. The molecule has 1 saturated carbocycles. The van der Waals surface area contributed by atoms with Crippen LogP contribution >= 0.6 is 0 Å². The molecule has 176 valence electrons. The number of carbonyl (C=O) groups is 1. The molecule has 8 heteroatoms. The summed E-state index contributed by atoms with van der Waals surface area (Å²) < 4.78 is 13.5. The highest BCUT2D eigenvalue weighted by molar-refractivity contribution is 6.01. The Morgan fingerprint density at radius 2 is 2.03 bits per heavy atom. The highest BCUT2D eigenvalue weighted by Crippen LogP contribution is 2.45. The quantitative estimate of drug-likeness (QED) is 0.320. The van der Waals surface area contributed by atoms with Gasteiger partial charge in [-0.2, -0.15) is 0 Å². The van der Waals surface area contributed by atoms with Crippen molar-refractivity contribution in [3.8, 4) is 17.0 Å². The molecule has 8 nitrogen and oxygen atoms in total. The maximum Gasteiger partial charge on any atom is 0.411 e. The molecular formula is C26H29N5O3. The molecule has 34 heavy (non-hydrogen) atoms. The minimum Gasteiger partial charge on any atom is -0.486 e. The fourth-order valence-corrected chi connectivity index (χ4v) is 4.33. The molecule has 1 amide bonds. The van der Waals surface area contributed by atoms with Crippen LogP contribution in [-0.2, 0) is 11.3 Å². The van der Waals surface area contributed by atoms with Gasteiger partial charge in [-0.3, -0.25) is 5.32 Å². The summed E-state index contributed by atoms with van der Waals surface area (Å²) in [4.78, 5) is 19.2. The summed E-state index contributed by atoms with van der Waals surface area (Å²) in [6.07, 6.45) is 6.30. The van der Waals surface area contributed by atoms with Crippen LogP contribution in [0.25, 0.3) is 22.2 Å². The Hall–Kier alpha value is -3.94. The van der Waals surface area contributed by atoms with Crippen LogP contribution in [0.4, 0.5) is 16.2 Å². The van der Waals surface area contributed by atoms with E-state index in [2.05, 4.69) is 25.9 Å². The topological polar surface area (TPSA) is 107 Å². The van der Waals surface area contributed by atoms with Gasteiger partial charge in [-0.25, -0.2) is 9.78 Å². The van der Waals surface area contributed by atoms with Gasteiger partial charge in [-0.15, -0.1) is 0 Å². The number of H-pyrrole nitrogens is 1. The van der Waals surface area contributed by atoms with Crippen LogP contribution < -0.4 is 15.8 Å². The van der Waals surface area contributed by atoms with Crippen LogP contribution in [-0.4, -0.2) is 26.7 Å². The van der Waals surface area contributed by atoms with Crippen LogP contribution in [0.2, 0.25) is 0 Å². The number of benzene rings is 2. The minimum atomic E-state index is -0.465. The Kier molecular flexibility index (Phi) is 5.88. The van der Waals surface area contributed by atoms with Crippen LogP contribution in [0.1, 0.15) is 45.0 Å². The van der Waals surface area contributed by atoms with Gasteiger partial charge in [-0.05, 0) is 57.4 Å². The van der Waals surface area contributed by atoms with Crippen molar-refractivity contribution in [2.45, 2.75) is 51.9 Å². The lowest BCUT2D eigenvalue weighted by atomic mass is 9.92. The van der Waals surface area contributed by atoms with Crippen molar-refractivity contribution in [2.24, 2.45) is 0 Å². The predicted molar refractivity (Wildman–Crippen MR) is 133 cm³/mol. The van der Waals surface area contributed by atoms with Crippen molar-refractivity contribution in [3.63, 3.8) is 0 Å². The Morgan fingerprint density at radius 3 is 2.68 bits per heavy atom. The first kappa shape index (κ1) is 21.9. The van der Waals surface area contributed by atoms with Gasteiger partial charge >= 0.3 is 6.09 Å². The highest BCUT2D eigenvalue weighted by atomic mass is 16.6. The molecule has 4 N–H and O–H groups in total. The SMILES string of the molecule is CC(C)OC(=O)Nc1ccc(-c2c(N)c3ccc(OCc4ncc[nH]4)cc3n2C2CCC2)cc1. The third kappa shape index (κ3) is 4.31. The molecule has 0 atom stereocenters. The lowest BCUT2D eigenvalue weighted by Gasteiger charge is -2.30. The Morgan fingerprint density at radius 1 is 1.24 bits per heavy atom. The summed E-state index contributed by atoms with van der Waals surface area (Å²) in [6.45, 7) is 4.01. The number of carbonyl (C=O) groups excluding carboxylic acids is 1. The summed E-state index contributed by atoms with van der Waals surface area (Å²) in [5.41, 5.74) is 11.2. The van der Waals surface area contributed by atoms with Crippen molar-refractivity contribution in [1.29, 1.82) is 0 Å². The summed E-state index contributed by atoms with van der Waals surface area (Å²) in [5, 5.41) is 3.77. The van der Waals surface area contributed by atoms with Crippen molar-refractivity contribution >= 4 is 28.4 Å². The number of amides is 1. The van der Waals surface area contributed by atoms with E-state index in [-0.39, 0.29) is 6.10 Å². The molecule has 0 saturated heterocycles. The zero-order valence-electron chi connectivity index (χ0n) is 19.4. The molecule has 0 radical (unpaired) electrons. The molecule has 2 aromatic carbocycles. The molecule has 1 fully saturated rings. The smallest absolute Gasteiger partial charge is 0.411 e. The van der Waals surface area contributed by atoms with Crippen molar-refractivity contribution in [3.05, 3.63) is 60.7 Å². The second-order valence-electron chi connectivity index (χ2n) is 8.88. The van der Waals surface area contributed by atoms with Gasteiger partial charge in [0.25, 0.3) is 0 Å². The molecule has 1 aliphatic rings. The molecule has 0 bridgehead atoms. The van der Waals surface area contributed by atoms with E-state index in [0.717, 1.165) is 52.3 Å². The van der Waals surface area contributed by atoms with Gasteiger partial charge in [0.15, 0.2) is 0 Å². The van der Waals surface area contributed by atoms with E-state index in [1.807, 2.05) is 50.2 Å². The number of ether oxygens (including phenoxy) is 2. The van der Waals surface area contributed by atoms with E-state index in [4.69, 9.17) is 15.2 Å². The number of hydrogen-bond donors (Lipinski definition) is 3. The van der Waals surface area contributed by atoms with E-state index in [1.165, 1.54) is 6.42 Å². The van der Waals surface area contributed by atoms with E-state index >= 15 is 0 Å². The van der Waals surface area contributed by atoms with E-state index in [1.54, 1.807) is 12.4 Å². The van der Waals surface area contributed by atoms with Gasteiger partial charge in [0, 0.05) is 41.1 Å². The fourth-order valence-electron chi connectivity index (χ4n) is 4.33. The zero-order chi connectivity index (χ0) is 23.7. The van der Waals surface area contributed by atoms with Gasteiger partial charge < -0.3 is 24.8 Å². The average Bonchev–Trinajstić information content (AvgIpc) is 3.38. The van der Waals surface area contributed by atoms with E-state index in [9.17, 15) is 4.79 Å². The summed E-state index contributed by atoms with van der Waals surface area (Å²) in [6, 6.07) is 14.2. The molecule has 0 unspecified atom stereocenters. The monoisotopic (exact) mass is 459 g/mol. The lowest BCUT2D eigenvalue weighted by molar-refractivity contribution is 0.130. The number of aromatic nitrogens is 3. The first-order valence-corrected chi connectivity index (χ1v) is 11.6. The Balaban J connectivity index is 1.47. The van der Waals surface area contributed by atoms with E-state index in [0.29, 0.717) is 18.3 Å². The minimum absolute atomic E-state index is 0.176. The number of nitrogens with two attached hydrogens (primary N) is 1. The van der Waals surface area contributed by atoms with Gasteiger partial charge in [0.2, 0.25) is 0 Å². The third-order valence-corrected chi connectivity index (χ3v) is 6.13. The molecular weight excluding hydrogens is 430 g/mol. The summed E-state index contributed by atoms with van der Waals surface area (Å²) in [5.74, 6) is 1.55. The Bertz CT molecular complexity index is 1290. The van der Waals surface area contributed by atoms with Crippen molar-refractivity contribution < 1.29 is 14.3 Å². The fraction of sp³-hybridized carbons (Fsp3) is 0.308. The summed E-state index contributed by atoms with van der Waals surface area (Å²) >= 11 is 0. The van der Waals surface area contributed by atoms with Crippen molar-refractivity contribution in [1.82, 2.24) is 14.5 Å². The molecule has 0 spiro atoms. The maximum absolute atomic E-state index is 11.9. The van der Waals surface area contributed by atoms with Crippen LogP contribution in [0, 0.1) is 0 Å². The molecule has 2 aromatic heterocycles. The van der Waals surface area contributed by atoms with Crippen LogP contribution in [0.15, 0.2) is 54.9 Å². The molecule has 1 aliphatic carbocycles. The Labute approximate surface area is 198 Å². The first-order chi connectivity index (χ1) is 16.5. The third-order valence-electron chi connectivity index (χ3n) is 6.13. The molecule has 2 heterocycles. The number of anilines is 2. The number of imidazole rings is 1. The second kappa shape index (κ2) is 9.13. The number of nitrogens with one attached hydrogen (secondary N) is 2. The lowest BCUT2D eigenvalue weighted by Crippen LogP contribution is -2.18. The number of hydrogen-bond acceptors (Lipinski definition) is 5. The predicted octanol–water partition coefficient (Wildman–Crippen LogP) is 5.87. The van der Waals surface area contributed by atoms with Gasteiger partial charge in [0.05, 0.1) is 23.0 Å². The number of fused-ring (bicyclic) bond motifs is 1. The van der Waals surface area contributed by atoms with Gasteiger partial charge in [0.1, 0.15) is 18.2 Å². The van der Waals surface area contributed by atoms with E-state index < -0.39 is 6.09 Å². The number of nitrogens with zero attached hydrogens (tertiary/aromatic N) is 2. The van der Waals surface area contributed by atoms with Crippen molar-refractivity contribution in [2.75, 3.05) is 11.1 Å². The largest absolute Gasteiger partial charge is 0.486 e. The summed E-state index contributed by atoms with van der Waals surface area (Å²) in [7, 11) is 0. The van der Waals surface area contributed by atoms with Crippen LogP contribution in [0.5, 0.6) is 5.75 Å². The highest BCUT2D eigenvalue weighted by Gasteiger charge is 2.27. The van der Waals surface area contributed by atoms with Crippen LogP contribution in [0.3, 0.4) is 0 Å². The number of nitrogen functional groups attached to an aromatic ring is 1. The number of rotatable bonds is 7. The molecule has 5 rings (SSSR count). The first-order valence-electron chi connectivity index (χ1n) is 11.6. The zero-order valence-corrected chi connectivity index (χ0v) is 19.4. The normalized spacial score (nSPS) is 13.7. The maximum atomic E-state index is 11.9. The number of aromatic amines is 1. The second-order valence-corrected chi connectivity index (χ2v) is 8.88. The standard InChI is InChI=1S/C26H29N5O3/c1-16(2)34-26(32)30-18-8-6-17(7-9-18)25-24(27)21-11-10-20(33-15-23-28-12-13-29-23)14-22(21)31(25)19-4-3-5-19/h6-14,16,19H,3-5,15,27H2,1-2H3,(H,28,29)(H,30,32).